The molecule has 89 heavy (non-hydrogen) atoms. The summed E-state index contributed by atoms with van der Waals surface area (Å²) in [5, 5.41) is 10.5. The zero-order valence-corrected chi connectivity index (χ0v) is 59.4. The van der Waals surface area contributed by atoms with Crippen molar-refractivity contribution in [3.63, 3.8) is 0 Å². The maximum Gasteiger partial charge on any atom is 0.472 e. The Bertz CT molecular complexity index is 1720. The van der Waals surface area contributed by atoms with Crippen molar-refractivity contribution in [1.29, 1.82) is 0 Å². The minimum Gasteiger partial charge on any atom is -0.462 e. The number of carbonyl (C=O) groups excluding carboxylic acids is 4. The van der Waals surface area contributed by atoms with Crippen molar-refractivity contribution in [1.82, 2.24) is 0 Å². The van der Waals surface area contributed by atoms with Crippen molar-refractivity contribution >= 4 is 39.5 Å². The molecule has 0 aliphatic heterocycles. The number of ether oxygens (including phenoxy) is 4. The summed E-state index contributed by atoms with van der Waals surface area (Å²) < 4.78 is 68.0. The second kappa shape index (κ2) is 63.5. The number of esters is 4. The van der Waals surface area contributed by atoms with Gasteiger partial charge in [-0.15, -0.1) is 0 Å². The van der Waals surface area contributed by atoms with Gasteiger partial charge in [0.15, 0.2) is 12.2 Å². The average molecular weight is 1310 g/mol. The van der Waals surface area contributed by atoms with Crippen molar-refractivity contribution in [2.24, 2.45) is 5.92 Å². The van der Waals surface area contributed by atoms with Crippen LogP contribution < -0.4 is 0 Å². The van der Waals surface area contributed by atoms with Crippen LogP contribution in [0.15, 0.2) is 0 Å². The van der Waals surface area contributed by atoms with Gasteiger partial charge in [-0.3, -0.25) is 37.3 Å². The van der Waals surface area contributed by atoms with Crippen LogP contribution in [0.4, 0.5) is 0 Å². The van der Waals surface area contributed by atoms with Gasteiger partial charge in [0, 0.05) is 25.7 Å². The molecule has 0 aromatic rings. The number of rotatable bonds is 70. The number of aliphatic hydroxyl groups is 1. The maximum atomic E-state index is 13.0. The highest BCUT2D eigenvalue weighted by Gasteiger charge is 2.30. The van der Waals surface area contributed by atoms with Crippen molar-refractivity contribution < 1.29 is 80.2 Å². The molecule has 528 valence electrons. The summed E-state index contributed by atoms with van der Waals surface area (Å²) in [4.78, 5) is 72.2. The third-order valence-corrected chi connectivity index (χ3v) is 18.2. The van der Waals surface area contributed by atoms with Crippen LogP contribution in [0.25, 0.3) is 0 Å². The summed E-state index contributed by atoms with van der Waals surface area (Å²) >= 11 is 0. The molecule has 0 amide bonds. The Hall–Kier alpha value is -1.94. The quantitative estimate of drug-likeness (QED) is 0.0222. The first-order chi connectivity index (χ1) is 43.0. The van der Waals surface area contributed by atoms with E-state index < -0.39 is 97.5 Å². The molecule has 0 spiro atoms. The van der Waals surface area contributed by atoms with E-state index in [1.807, 2.05) is 0 Å². The lowest BCUT2D eigenvalue weighted by Crippen LogP contribution is -2.30. The van der Waals surface area contributed by atoms with E-state index in [1.165, 1.54) is 161 Å². The fraction of sp³-hybridized carbons (Fsp3) is 0.943. The Morgan fingerprint density at radius 1 is 0.303 bits per heavy atom. The summed E-state index contributed by atoms with van der Waals surface area (Å²) in [7, 11) is -9.89. The zero-order valence-electron chi connectivity index (χ0n) is 57.6. The van der Waals surface area contributed by atoms with Gasteiger partial charge in [0.25, 0.3) is 0 Å². The summed E-state index contributed by atoms with van der Waals surface area (Å²) in [5.74, 6) is -1.36. The molecule has 2 unspecified atom stereocenters. The van der Waals surface area contributed by atoms with Gasteiger partial charge in [-0.05, 0) is 31.6 Å². The fourth-order valence-electron chi connectivity index (χ4n) is 10.6. The van der Waals surface area contributed by atoms with Gasteiger partial charge in [0.05, 0.1) is 26.4 Å². The molecule has 0 radical (unpaired) electrons. The molecule has 3 N–H and O–H groups in total. The van der Waals surface area contributed by atoms with E-state index in [-0.39, 0.29) is 25.7 Å². The Kier molecular flexibility index (Phi) is 62.1. The normalized spacial score (nSPS) is 14.1. The lowest BCUT2D eigenvalue weighted by molar-refractivity contribution is -0.161. The van der Waals surface area contributed by atoms with Crippen LogP contribution in [0.5, 0.6) is 0 Å². The molecule has 0 saturated heterocycles. The summed E-state index contributed by atoms with van der Waals surface area (Å²) in [5.41, 5.74) is 0. The van der Waals surface area contributed by atoms with Gasteiger partial charge < -0.3 is 33.8 Å². The van der Waals surface area contributed by atoms with E-state index in [0.29, 0.717) is 25.7 Å². The molecule has 0 rings (SSSR count). The number of phosphoric ester groups is 2. The molecule has 0 heterocycles. The van der Waals surface area contributed by atoms with E-state index in [2.05, 4.69) is 34.6 Å². The smallest absolute Gasteiger partial charge is 0.462 e. The maximum absolute atomic E-state index is 13.0. The Balaban J connectivity index is 5.11. The SMILES string of the molecule is CCCCCCCCCCCCCCCCCCCCCCCC(=O)O[C@H](COC(=O)CCCCCCCCCCCCCC(C)C)COP(=O)(O)OC[C@@H](O)COP(=O)(O)OC[C@@H](COC(=O)CCCCCCCCC)OC(=O)CCCCCCCCC. The highest BCUT2D eigenvalue weighted by atomic mass is 31.2. The third kappa shape index (κ3) is 64.6. The second-order valence-corrected chi connectivity index (χ2v) is 28.7. The van der Waals surface area contributed by atoms with E-state index in [4.69, 9.17) is 37.0 Å². The van der Waals surface area contributed by atoms with Crippen LogP contribution in [0, 0.1) is 5.92 Å². The van der Waals surface area contributed by atoms with Crippen LogP contribution >= 0.6 is 15.6 Å². The minimum absolute atomic E-state index is 0.104. The van der Waals surface area contributed by atoms with Crippen LogP contribution in [-0.2, 0) is 65.4 Å². The topological polar surface area (TPSA) is 237 Å². The number of aliphatic hydroxyl groups excluding tert-OH is 1. The van der Waals surface area contributed by atoms with E-state index in [9.17, 15) is 43.2 Å². The van der Waals surface area contributed by atoms with Gasteiger partial charge >= 0.3 is 39.5 Å². The van der Waals surface area contributed by atoms with E-state index >= 15 is 0 Å². The Labute approximate surface area is 543 Å². The van der Waals surface area contributed by atoms with Gasteiger partial charge in [0.1, 0.15) is 19.3 Å². The average Bonchev–Trinajstić information content (AvgIpc) is 3.54. The highest BCUT2D eigenvalue weighted by Crippen LogP contribution is 2.45. The highest BCUT2D eigenvalue weighted by molar-refractivity contribution is 7.47. The number of hydrogen-bond donors (Lipinski definition) is 3. The first-order valence-electron chi connectivity index (χ1n) is 36.6. The van der Waals surface area contributed by atoms with Crippen molar-refractivity contribution in [2.45, 2.75) is 380 Å². The van der Waals surface area contributed by atoms with E-state index in [1.54, 1.807) is 0 Å². The molecular formula is C70H136O17P2. The van der Waals surface area contributed by atoms with Crippen LogP contribution in [0.2, 0.25) is 0 Å². The van der Waals surface area contributed by atoms with Crippen LogP contribution in [-0.4, -0.2) is 96.7 Å². The fourth-order valence-corrected chi connectivity index (χ4v) is 12.2. The molecule has 0 aromatic heterocycles. The van der Waals surface area contributed by atoms with Crippen molar-refractivity contribution in [3.05, 3.63) is 0 Å². The lowest BCUT2D eigenvalue weighted by Gasteiger charge is -2.21. The molecule has 17 nitrogen and oxygen atoms in total. The molecule has 19 heteroatoms. The molecule has 5 atom stereocenters. The first-order valence-corrected chi connectivity index (χ1v) is 39.6. The first kappa shape index (κ1) is 87.1. The number of unbranched alkanes of at least 4 members (excludes halogenated alkanes) is 42. The molecule has 0 fully saturated rings. The predicted molar refractivity (Wildman–Crippen MR) is 358 cm³/mol. The number of phosphoric acid groups is 2. The van der Waals surface area contributed by atoms with Gasteiger partial charge in [0.2, 0.25) is 0 Å². The summed E-state index contributed by atoms with van der Waals surface area (Å²) in [6.07, 6.45) is 50.4. The van der Waals surface area contributed by atoms with E-state index in [0.717, 1.165) is 121 Å². The van der Waals surface area contributed by atoms with Crippen molar-refractivity contribution in [2.75, 3.05) is 39.6 Å². The molecule has 0 aliphatic rings. The van der Waals surface area contributed by atoms with Crippen molar-refractivity contribution in [3.8, 4) is 0 Å². The predicted octanol–water partition coefficient (Wildman–Crippen LogP) is 20.1. The van der Waals surface area contributed by atoms with Gasteiger partial charge in [-0.25, -0.2) is 9.13 Å². The third-order valence-electron chi connectivity index (χ3n) is 16.3. The van der Waals surface area contributed by atoms with Crippen LogP contribution in [0.3, 0.4) is 0 Å². The molecule has 0 aromatic carbocycles. The second-order valence-electron chi connectivity index (χ2n) is 25.7. The zero-order chi connectivity index (χ0) is 65.6. The minimum atomic E-state index is -4.95. The monoisotopic (exact) mass is 1310 g/mol. The molecular weight excluding hydrogens is 1170 g/mol. The van der Waals surface area contributed by atoms with Gasteiger partial charge in [-0.2, -0.15) is 0 Å². The molecule has 0 saturated carbocycles. The molecule has 0 bridgehead atoms. The largest absolute Gasteiger partial charge is 0.472 e. The Morgan fingerprint density at radius 3 is 0.764 bits per heavy atom. The van der Waals surface area contributed by atoms with Gasteiger partial charge in [-0.1, -0.05) is 311 Å². The van der Waals surface area contributed by atoms with Crippen LogP contribution in [0.1, 0.15) is 362 Å². The Morgan fingerprint density at radius 2 is 0.517 bits per heavy atom. The number of carbonyl (C=O) groups is 4. The standard InChI is InChI=1S/C70H136O17P2/c1-6-9-12-15-18-19-20-21-22-23-24-25-26-27-28-29-32-36-41-46-51-56-70(75)87-66(60-81-68(73)54-49-44-40-35-33-30-31-34-39-42-47-52-63(4)5)62-85-89(78,79)83-58-64(71)57-82-88(76,77)84-61-65(86-69(74)55-50-45-38-17-14-11-8-3)59-80-67(72)53-48-43-37-16-13-10-7-2/h63-66,71H,6-62H2,1-5H3,(H,76,77)(H,78,79)/t64-,65+,66+/m0/s1. The summed E-state index contributed by atoms with van der Waals surface area (Å²) in [6.45, 7) is 7.16. The number of hydrogen-bond acceptors (Lipinski definition) is 15. The summed E-state index contributed by atoms with van der Waals surface area (Å²) in [6, 6.07) is 0. The molecule has 0 aliphatic carbocycles. The lowest BCUT2D eigenvalue weighted by atomic mass is 10.0.